The Kier molecular flexibility index (Phi) is 5.16. The largest absolute Gasteiger partial charge is 0.340 e. The highest BCUT2D eigenvalue weighted by Gasteiger charge is 2.20. The standard InChI is InChI=1S/C21H23FN4O/c22-18-8-6-17(7-9-18)14-24-10-3-11-25(13-12-24)21(27)15-26-16-23-19-4-1-2-5-20(19)26/h1-2,4-9,16H,3,10-15H2. The lowest BCUT2D eigenvalue weighted by molar-refractivity contribution is -0.131. The number of rotatable bonds is 4. The van der Waals surface area contributed by atoms with Gasteiger partial charge in [-0.1, -0.05) is 24.3 Å². The van der Waals surface area contributed by atoms with E-state index in [2.05, 4.69) is 9.88 Å². The number of nitrogens with zero attached hydrogens (tertiary/aromatic N) is 4. The Balaban J connectivity index is 1.36. The van der Waals surface area contributed by atoms with Crippen LogP contribution in [0.25, 0.3) is 11.0 Å². The number of amides is 1. The lowest BCUT2D eigenvalue weighted by atomic mass is 10.2. The second-order valence-corrected chi connectivity index (χ2v) is 7.00. The lowest BCUT2D eigenvalue weighted by Gasteiger charge is -2.22. The molecule has 0 N–H and O–H groups in total. The Labute approximate surface area is 158 Å². The van der Waals surface area contributed by atoms with Gasteiger partial charge in [0.05, 0.1) is 17.4 Å². The molecule has 0 unspecified atom stereocenters. The van der Waals surface area contributed by atoms with Gasteiger partial charge in [-0.3, -0.25) is 9.69 Å². The number of hydrogen-bond acceptors (Lipinski definition) is 3. The highest BCUT2D eigenvalue weighted by atomic mass is 19.1. The van der Waals surface area contributed by atoms with Crippen molar-refractivity contribution in [2.45, 2.75) is 19.5 Å². The van der Waals surface area contributed by atoms with Crippen molar-refractivity contribution in [2.75, 3.05) is 26.2 Å². The van der Waals surface area contributed by atoms with Crippen LogP contribution in [0.15, 0.2) is 54.9 Å². The summed E-state index contributed by atoms with van der Waals surface area (Å²) in [6.07, 6.45) is 2.68. The maximum atomic E-state index is 13.1. The Morgan fingerprint density at radius 2 is 1.81 bits per heavy atom. The molecule has 1 saturated heterocycles. The zero-order valence-electron chi connectivity index (χ0n) is 15.2. The summed E-state index contributed by atoms with van der Waals surface area (Å²) >= 11 is 0. The molecule has 3 aromatic rings. The average molecular weight is 366 g/mol. The molecule has 0 saturated carbocycles. The molecule has 0 spiro atoms. The number of para-hydroxylation sites is 2. The van der Waals surface area contributed by atoms with Crippen molar-refractivity contribution in [3.8, 4) is 0 Å². The summed E-state index contributed by atoms with van der Waals surface area (Å²) < 4.78 is 15.0. The number of carbonyl (C=O) groups excluding carboxylic acids is 1. The van der Waals surface area contributed by atoms with Crippen molar-refractivity contribution in [3.63, 3.8) is 0 Å². The molecule has 0 aliphatic carbocycles. The molecule has 4 rings (SSSR count). The van der Waals surface area contributed by atoms with Crippen LogP contribution in [0, 0.1) is 5.82 Å². The minimum Gasteiger partial charge on any atom is -0.340 e. The fourth-order valence-electron chi connectivity index (χ4n) is 3.61. The van der Waals surface area contributed by atoms with Crippen molar-refractivity contribution in [2.24, 2.45) is 0 Å². The molecule has 140 valence electrons. The fourth-order valence-corrected chi connectivity index (χ4v) is 3.61. The summed E-state index contributed by atoms with van der Waals surface area (Å²) in [5.74, 6) is -0.0831. The Morgan fingerprint density at radius 1 is 1.00 bits per heavy atom. The van der Waals surface area contributed by atoms with E-state index in [0.717, 1.165) is 49.2 Å². The Morgan fingerprint density at radius 3 is 2.67 bits per heavy atom. The molecule has 0 bridgehead atoms. The Bertz CT molecular complexity index is 921. The summed E-state index contributed by atoms with van der Waals surface area (Å²) in [4.78, 5) is 21.4. The van der Waals surface area contributed by atoms with E-state index in [4.69, 9.17) is 0 Å². The van der Waals surface area contributed by atoms with Gasteiger partial charge in [-0.25, -0.2) is 9.37 Å². The summed E-state index contributed by atoms with van der Waals surface area (Å²) in [7, 11) is 0. The van der Waals surface area contributed by atoms with Crippen LogP contribution in [0.1, 0.15) is 12.0 Å². The first-order chi connectivity index (χ1) is 13.2. The molecule has 0 radical (unpaired) electrons. The van der Waals surface area contributed by atoms with Crippen LogP contribution in [0.4, 0.5) is 4.39 Å². The first-order valence-electron chi connectivity index (χ1n) is 9.33. The third kappa shape index (κ3) is 4.17. The highest BCUT2D eigenvalue weighted by molar-refractivity contribution is 5.80. The molecule has 6 heteroatoms. The maximum Gasteiger partial charge on any atom is 0.242 e. The summed E-state index contributed by atoms with van der Waals surface area (Å²) in [6, 6.07) is 14.5. The molecule has 5 nitrogen and oxygen atoms in total. The smallest absolute Gasteiger partial charge is 0.242 e. The number of aromatic nitrogens is 2. The van der Waals surface area contributed by atoms with Gasteiger partial charge in [0.1, 0.15) is 12.4 Å². The predicted molar refractivity (Wildman–Crippen MR) is 103 cm³/mol. The van der Waals surface area contributed by atoms with Crippen molar-refractivity contribution in [1.82, 2.24) is 19.4 Å². The average Bonchev–Trinajstić information content (AvgIpc) is 2.93. The normalized spacial score (nSPS) is 15.8. The number of halogens is 1. The quantitative estimate of drug-likeness (QED) is 0.713. The minimum absolute atomic E-state index is 0.127. The van der Waals surface area contributed by atoms with E-state index in [0.29, 0.717) is 13.1 Å². The molecule has 1 aliphatic heterocycles. The lowest BCUT2D eigenvalue weighted by Crippen LogP contribution is -2.37. The first-order valence-corrected chi connectivity index (χ1v) is 9.33. The number of imidazole rings is 1. The number of hydrogen-bond donors (Lipinski definition) is 0. The number of carbonyl (C=O) groups is 1. The molecule has 2 aromatic carbocycles. The molecule has 1 fully saturated rings. The van der Waals surface area contributed by atoms with Gasteiger partial charge < -0.3 is 9.47 Å². The monoisotopic (exact) mass is 366 g/mol. The van der Waals surface area contributed by atoms with Gasteiger partial charge in [0.25, 0.3) is 0 Å². The van der Waals surface area contributed by atoms with Crippen molar-refractivity contribution in [1.29, 1.82) is 0 Å². The minimum atomic E-state index is -0.210. The predicted octanol–water partition coefficient (Wildman–Crippen LogP) is 2.91. The van der Waals surface area contributed by atoms with Gasteiger partial charge in [0, 0.05) is 32.7 Å². The number of benzene rings is 2. The van der Waals surface area contributed by atoms with Crippen LogP contribution in [-0.4, -0.2) is 51.4 Å². The second kappa shape index (κ2) is 7.88. The van der Waals surface area contributed by atoms with Gasteiger partial charge in [0.15, 0.2) is 0 Å². The zero-order valence-corrected chi connectivity index (χ0v) is 15.2. The van der Waals surface area contributed by atoms with E-state index in [1.807, 2.05) is 45.9 Å². The van der Waals surface area contributed by atoms with Crippen LogP contribution >= 0.6 is 0 Å². The number of fused-ring (bicyclic) bond motifs is 1. The molecular weight excluding hydrogens is 343 g/mol. The van der Waals surface area contributed by atoms with Crippen molar-refractivity contribution < 1.29 is 9.18 Å². The third-order valence-electron chi connectivity index (χ3n) is 5.09. The van der Waals surface area contributed by atoms with Gasteiger partial charge in [-0.2, -0.15) is 0 Å². The van der Waals surface area contributed by atoms with E-state index in [1.54, 1.807) is 6.33 Å². The van der Waals surface area contributed by atoms with Crippen LogP contribution in [0.5, 0.6) is 0 Å². The topological polar surface area (TPSA) is 41.4 Å². The maximum absolute atomic E-state index is 13.1. The second-order valence-electron chi connectivity index (χ2n) is 7.00. The molecule has 1 aromatic heterocycles. The molecule has 1 amide bonds. The Hall–Kier alpha value is -2.73. The summed E-state index contributed by atoms with van der Waals surface area (Å²) in [5.41, 5.74) is 2.99. The van der Waals surface area contributed by atoms with E-state index in [1.165, 1.54) is 12.1 Å². The van der Waals surface area contributed by atoms with Crippen LogP contribution in [-0.2, 0) is 17.9 Å². The van der Waals surface area contributed by atoms with Gasteiger partial charge in [0.2, 0.25) is 5.91 Å². The molecule has 0 atom stereocenters. The van der Waals surface area contributed by atoms with Gasteiger partial charge in [-0.15, -0.1) is 0 Å². The van der Waals surface area contributed by atoms with Crippen LogP contribution in [0.2, 0.25) is 0 Å². The van der Waals surface area contributed by atoms with E-state index >= 15 is 0 Å². The van der Waals surface area contributed by atoms with Crippen LogP contribution in [0.3, 0.4) is 0 Å². The molecule has 1 aliphatic rings. The molecular formula is C21H23FN4O. The molecule has 2 heterocycles. The van der Waals surface area contributed by atoms with Gasteiger partial charge >= 0.3 is 0 Å². The first kappa shape index (κ1) is 17.7. The van der Waals surface area contributed by atoms with Crippen molar-refractivity contribution in [3.05, 3.63) is 66.2 Å². The van der Waals surface area contributed by atoms with Crippen molar-refractivity contribution >= 4 is 16.9 Å². The third-order valence-corrected chi connectivity index (χ3v) is 5.09. The van der Waals surface area contributed by atoms with Crippen LogP contribution < -0.4 is 0 Å². The zero-order chi connectivity index (χ0) is 18.6. The van der Waals surface area contributed by atoms with E-state index in [-0.39, 0.29) is 11.7 Å². The fraction of sp³-hybridized carbons (Fsp3) is 0.333. The summed E-state index contributed by atoms with van der Waals surface area (Å²) in [6.45, 7) is 4.36. The molecule has 27 heavy (non-hydrogen) atoms. The van der Waals surface area contributed by atoms with Gasteiger partial charge in [-0.05, 0) is 36.2 Å². The SMILES string of the molecule is O=C(Cn1cnc2ccccc21)N1CCCN(Cc2ccc(F)cc2)CC1. The van der Waals surface area contributed by atoms with E-state index < -0.39 is 0 Å². The highest BCUT2D eigenvalue weighted by Crippen LogP contribution is 2.14. The van der Waals surface area contributed by atoms with E-state index in [9.17, 15) is 9.18 Å². The summed E-state index contributed by atoms with van der Waals surface area (Å²) in [5, 5.41) is 0.